The van der Waals surface area contributed by atoms with Crippen LogP contribution >= 0.6 is 0 Å². The van der Waals surface area contributed by atoms with Crippen LogP contribution in [0, 0.1) is 17.3 Å². The molecule has 0 spiro atoms. The van der Waals surface area contributed by atoms with Crippen molar-refractivity contribution in [2.75, 3.05) is 0 Å². The second kappa shape index (κ2) is 6.86. The van der Waals surface area contributed by atoms with Gasteiger partial charge in [-0.25, -0.2) is 4.39 Å². The lowest BCUT2D eigenvalue weighted by atomic mass is 9.94. The van der Waals surface area contributed by atoms with E-state index in [4.69, 9.17) is 0 Å². The molecule has 0 atom stereocenters. The third-order valence-electron chi connectivity index (χ3n) is 4.07. The molecule has 0 saturated heterocycles. The van der Waals surface area contributed by atoms with E-state index in [-0.39, 0.29) is 5.82 Å². The highest BCUT2D eigenvalue weighted by Crippen LogP contribution is 2.34. The van der Waals surface area contributed by atoms with Gasteiger partial charge in [-0.05, 0) is 40.8 Å². The fourth-order valence-corrected chi connectivity index (χ4v) is 3.26. The smallest absolute Gasteiger partial charge is 0.207 e. The van der Waals surface area contributed by atoms with Crippen LogP contribution in [0.1, 0.15) is 11.1 Å². The van der Waals surface area contributed by atoms with E-state index < -0.39 is 19.8 Å². The lowest BCUT2D eigenvalue weighted by Crippen LogP contribution is -2.16. The number of hydrogen-bond acceptors (Lipinski definition) is 0. The number of benzene rings is 3. The predicted molar refractivity (Wildman–Crippen MR) is 105 cm³/mol. The van der Waals surface area contributed by atoms with Gasteiger partial charge in [0, 0.05) is 10.9 Å². The van der Waals surface area contributed by atoms with E-state index in [1.165, 1.54) is 24.3 Å². The molecule has 0 unspecified atom stereocenters. The lowest BCUT2D eigenvalue weighted by Gasteiger charge is -2.12. The quantitative estimate of drug-likeness (QED) is 0.243. The number of fused-ring (bicyclic) bond motifs is 1. The van der Waals surface area contributed by atoms with Gasteiger partial charge in [-0.1, -0.05) is 55.9 Å². The van der Waals surface area contributed by atoms with E-state index in [2.05, 4.69) is 31.1 Å². The summed E-state index contributed by atoms with van der Waals surface area (Å²) in [5, 5.41) is 1.50. The molecule has 0 aliphatic heterocycles. The minimum Gasteiger partial charge on any atom is -0.207 e. The van der Waals surface area contributed by atoms with E-state index in [1.54, 1.807) is 6.07 Å². The Morgan fingerprint density at radius 2 is 1.48 bits per heavy atom. The Morgan fingerprint density at radius 3 is 2.07 bits per heavy atom. The average molecular weight is 386 g/mol. The number of hydrogen-bond donors (Lipinski definition) is 0. The monoisotopic (exact) mass is 386 g/mol. The third kappa shape index (κ3) is 4.40. The minimum absolute atomic E-state index is 0.372. The van der Waals surface area contributed by atoms with Gasteiger partial charge >= 0.3 is 6.18 Å². The topological polar surface area (TPSA) is 0 Å². The molecule has 0 radical (unpaired) electrons. The summed E-state index contributed by atoms with van der Waals surface area (Å²) in [6, 6.07) is 13.1. The van der Waals surface area contributed by atoms with E-state index in [9.17, 15) is 17.6 Å². The summed E-state index contributed by atoms with van der Waals surface area (Å²) < 4.78 is 52.4. The van der Waals surface area contributed by atoms with Crippen molar-refractivity contribution in [3.63, 3.8) is 0 Å². The van der Waals surface area contributed by atoms with Crippen molar-refractivity contribution in [2.24, 2.45) is 0 Å². The molecule has 0 amide bonds. The number of rotatable bonds is 1. The van der Waals surface area contributed by atoms with Gasteiger partial charge in [0.15, 0.2) is 0 Å². The maximum absolute atomic E-state index is 13.8. The molecular formula is C22H18F4Si. The first-order valence-electron chi connectivity index (χ1n) is 8.48. The molecule has 5 heteroatoms. The highest BCUT2D eigenvalue weighted by atomic mass is 28.3. The molecule has 0 aromatic heterocycles. The summed E-state index contributed by atoms with van der Waals surface area (Å²) in [5.41, 5.74) is 4.55. The average Bonchev–Trinajstić information content (AvgIpc) is 2.58. The second-order valence-electron chi connectivity index (χ2n) is 7.43. The Morgan fingerprint density at radius 1 is 0.852 bits per heavy atom. The van der Waals surface area contributed by atoms with Gasteiger partial charge in [-0.15, -0.1) is 5.54 Å². The fraction of sp³-hybridized carbons (Fsp3) is 0.182. The second-order valence-corrected chi connectivity index (χ2v) is 12.2. The van der Waals surface area contributed by atoms with Crippen LogP contribution in [0.3, 0.4) is 0 Å². The first kappa shape index (κ1) is 19.2. The van der Waals surface area contributed by atoms with Crippen LogP contribution in [0.2, 0.25) is 19.6 Å². The number of alkyl halides is 3. The van der Waals surface area contributed by atoms with Crippen molar-refractivity contribution < 1.29 is 17.6 Å². The fourth-order valence-electron chi connectivity index (χ4n) is 2.76. The minimum atomic E-state index is -4.38. The Hall–Kier alpha value is -2.58. The summed E-state index contributed by atoms with van der Waals surface area (Å²) in [4.78, 5) is 0. The van der Waals surface area contributed by atoms with E-state index in [0.717, 1.165) is 17.5 Å². The molecule has 3 rings (SSSR count). The molecule has 0 bridgehead atoms. The van der Waals surface area contributed by atoms with Crippen LogP contribution in [-0.2, 0) is 6.18 Å². The van der Waals surface area contributed by atoms with Gasteiger partial charge in [-0.2, -0.15) is 13.2 Å². The van der Waals surface area contributed by atoms with Crippen LogP contribution in [0.5, 0.6) is 0 Å². The van der Waals surface area contributed by atoms with E-state index in [1.807, 2.05) is 12.1 Å². The van der Waals surface area contributed by atoms with Crippen molar-refractivity contribution in [1.29, 1.82) is 0 Å². The van der Waals surface area contributed by atoms with Crippen LogP contribution in [-0.4, -0.2) is 8.07 Å². The maximum atomic E-state index is 13.8. The Bertz CT molecular complexity index is 1050. The zero-order valence-electron chi connectivity index (χ0n) is 15.2. The van der Waals surface area contributed by atoms with Gasteiger partial charge in [0.2, 0.25) is 0 Å². The molecule has 3 aromatic rings. The Labute approximate surface area is 156 Å². The normalized spacial score (nSPS) is 12.0. The van der Waals surface area contributed by atoms with Gasteiger partial charge in [0.25, 0.3) is 0 Å². The summed E-state index contributed by atoms with van der Waals surface area (Å²) in [6.45, 7) is 6.30. The largest absolute Gasteiger partial charge is 0.416 e. The Kier molecular flexibility index (Phi) is 4.87. The molecule has 0 N–H and O–H groups in total. The van der Waals surface area contributed by atoms with E-state index >= 15 is 0 Å². The predicted octanol–water partition coefficient (Wildman–Crippen LogP) is 6.89. The maximum Gasteiger partial charge on any atom is 0.416 e. The SMILES string of the molecule is C[Si](C)(C)C#Cc1c(-c2ccc(C(F)(F)F)cc2)ccc2ccc(F)cc12. The third-order valence-corrected chi connectivity index (χ3v) is 4.94. The van der Waals surface area contributed by atoms with Crippen molar-refractivity contribution in [1.82, 2.24) is 0 Å². The van der Waals surface area contributed by atoms with Gasteiger partial charge in [-0.3, -0.25) is 0 Å². The first-order valence-corrected chi connectivity index (χ1v) is 12.0. The molecule has 27 heavy (non-hydrogen) atoms. The molecule has 0 nitrogen and oxygen atoms in total. The van der Waals surface area contributed by atoms with Gasteiger partial charge in [0.05, 0.1) is 5.56 Å². The molecule has 0 saturated carbocycles. The van der Waals surface area contributed by atoms with Crippen molar-refractivity contribution >= 4 is 18.8 Å². The summed E-state index contributed by atoms with van der Waals surface area (Å²) in [5.74, 6) is 2.82. The zero-order chi connectivity index (χ0) is 19.8. The van der Waals surface area contributed by atoms with Gasteiger partial charge in [0.1, 0.15) is 13.9 Å². The molecule has 0 aliphatic carbocycles. The first-order chi connectivity index (χ1) is 12.5. The zero-order valence-corrected chi connectivity index (χ0v) is 16.2. The van der Waals surface area contributed by atoms with Crippen LogP contribution in [0.25, 0.3) is 21.9 Å². The summed E-state index contributed by atoms with van der Waals surface area (Å²) >= 11 is 0. The lowest BCUT2D eigenvalue weighted by molar-refractivity contribution is -0.137. The molecule has 0 heterocycles. The highest BCUT2D eigenvalue weighted by molar-refractivity contribution is 6.83. The molecule has 138 valence electrons. The van der Waals surface area contributed by atoms with Crippen molar-refractivity contribution in [3.8, 4) is 22.6 Å². The number of halogens is 4. The standard InChI is InChI=1S/C22H18F4Si/c1-27(2,3)13-12-20-19(11-7-16-6-10-18(23)14-21(16)20)15-4-8-17(9-5-15)22(24,25)26/h4-11,14H,1-3H3. The van der Waals surface area contributed by atoms with Crippen molar-refractivity contribution in [3.05, 3.63) is 71.5 Å². The molecule has 3 aromatic carbocycles. The van der Waals surface area contributed by atoms with Crippen LogP contribution < -0.4 is 0 Å². The molecular weight excluding hydrogens is 368 g/mol. The molecule has 0 fully saturated rings. The van der Waals surface area contributed by atoms with Crippen LogP contribution in [0.4, 0.5) is 17.6 Å². The van der Waals surface area contributed by atoms with E-state index in [0.29, 0.717) is 22.1 Å². The van der Waals surface area contributed by atoms with Crippen LogP contribution in [0.15, 0.2) is 54.6 Å². The highest BCUT2D eigenvalue weighted by Gasteiger charge is 2.30. The van der Waals surface area contributed by atoms with Crippen molar-refractivity contribution in [2.45, 2.75) is 25.8 Å². The Balaban J connectivity index is 2.24. The summed E-state index contributed by atoms with van der Waals surface area (Å²) in [6.07, 6.45) is -4.38. The molecule has 0 aliphatic rings. The van der Waals surface area contributed by atoms with Gasteiger partial charge < -0.3 is 0 Å². The summed E-state index contributed by atoms with van der Waals surface area (Å²) in [7, 11) is -1.70.